The molecule has 1 aliphatic carbocycles. The highest BCUT2D eigenvalue weighted by Gasteiger charge is 2.30. The lowest BCUT2D eigenvalue weighted by atomic mass is 9.82. The molecule has 44 heavy (non-hydrogen) atoms. The van der Waals surface area contributed by atoms with E-state index in [1.54, 1.807) is 0 Å². The van der Waals surface area contributed by atoms with Gasteiger partial charge in [0.25, 0.3) is 0 Å². The van der Waals surface area contributed by atoms with E-state index in [1.807, 2.05) is 0 Å². The molecule has 0 bridgehead atoms. The normalized spacial score (nSPS) is 11.8. The second-order valence-electron chi connectivity index (χ2n) is 12.7. The summed E-state index contributed by atoms with van der Waals surface area (Å²) in [6, 6.07) is 50.9. The molecular weight excluding hydrogens is 545 g/mol. The minimum Gasteiger partial charge on any atom is -0.0656 e. The van der Waals surface area contributed by atoms with E-state index in [0.29, 0.717) is 0 Å². The Hall–Kier alpha value is -5.16. The Bertz CT molecular complexity index is 2180. The molecule has 1 heteroatoms. The van der Waals surface area contributed by atoms with Crippen molar-refractivity contribution in [1.29, 1.82) is 0 Å². The third-order valence-corrected chi connectivity index (χ3v) is 11.1. The molecule has 8 rings (SSSR count). The second kappa shape index (κ2) is 10.2. The highest BCUT2D eigenvalue weighted by Crippen LogP contribution is 2.57. The lowest BCUT2D eigenvalue weighted by molar-refractivity contribution is 1.62. The Labute approximate surface area is 260 Å². The molecule has 0 amide bonds. The SMILES string of the molecule is C[Si](C)(C)c1ccc(C#Cc2ccc3c4c(cccc24)-c2c-3c(-c3ccccc3)c3ccccc3c2-c2ccccc2)cc1. The van der Waals surface area contributed by atoms with Crippen LogP contribution in [0.3, 0.4) is 0 Å². The molecule has 7 aromatic rings. The Morgan fingerprint density at radius 3 is 1.50 bits per heavy atom. The van der Waals surface area contributed by atoms with Gasteiger partial charge in [-0.1, -0.05) is 158 Å². The number of hydrogen-bond acceptors (Lipinski definition) is 0. The van der Waals surface area contributed by atoms with Crippen LogP contribution in [0.2, 0.25) is 19.6 Å². The maximum absolute atomic E-state index is 3.56. The summed E-state index contributed by atoms with van der Waals surface area (Å²) in [4.78, 5) is 0. The summed E-state index contributed by atoms with van der Waals surface area (Å²) in [5.74, 6) is 7.04. The summed E-state index contributed by atoms with van der Waals surface area (Å²) in [5, 5.41) is 6.53. The van der Waals surface area contributed by atoms with Crippen molar-refractivity contribution in [2.45, 2.75) is 19.6 Å². The van der Waals surface area contributed by atoms with Crippen LogP contribution < -0.4 is 5.19 Å². The van der Waals surface area contributed by atoms with Crippen LogP contribution in [0.1, 0.15) is 11.1 Å². The smallest absolute Gasteiger partial charge is 0.0656 e. The van der Waals surface area contributed by atoms with Crippen LogP contribution in [0.15, 0.2) is 140 Å². The van der Waals surface area contributed by atoms with Crippen LogP contribution in [-0.2, 0) is 0 Å². The van der Waals surface area contributed by atoms with Gasteiger partial charge in [0.05, 0.1) is 8.07 Å². The number of benzene rings is 7. The summed E-state index contributed by atoms with van der Waals surface area (Å²) in [6.45, 7) is 7.15. The zero-order valence-corrected chi connectivity index (χ0v) is 26.3. The third-order valence-electron chi connectivity index (χ3n) is 9.01. The molecule has 0 spiro atoms. The fraction of sp³-hybridized carbons (Fsp3) is 0.0698. The lowest BCUT2D eigenvalue weighted by Gasteiger charge is -2.20. The Balaban J connectivity index is 1.41. The summed E-state index contributed by atoms with van der Waals surface area (Å²) in [6.07, 6.45) is 0. The first kappa shape index (κ1) is 26.5. The van der Waals surface area contributed by atoms with Gasteiger partial charge in [-0.25, -0.2) is 0 Å². The van der Waals surface area contributed by atoms with Crippen molar-refractivity contribution >= 4 is 34.8 Å². The van der Waals surface area contributed by atoms with Gasteiger partial charge in [-0.2, -0.15) is 0 Å². The Kier molecular flexibility index (Phi) is 6.15. The molecule has 7 aromatic carbocycles. The van der Waals surface area contributed by atoms with Crippen molar-refractivity contribution in [3.8, 4) is 56.3 Å². The van der Waals surface area contributed by atoms with Crippen molar-refractivity contribution in [2.75, 3.05) is 0 Å². The van der Waals surface area contributed by atoms with Crippen molar-refractivity contribution in [3.63, 3.8) is 0 Å². The number of fused-ring (bicyclic) bond motifs is 4. The molecule has 208 valence electrons. The number of hydrogen-bond donors (Lipinski definition) is 0. The largest absolute Gasteiger partial charge is 0.0775 e. The molecule has 0 nitrogen and oxygen atoms in total. The van der Waals surface area contributed by atoms with E-state index in [4.69, 9.17) is 0 Å². The third kappa shape index (κ3) is 4.22. The first-order chi connectivity index (χ1) is 21.5. The van der Waals surface area contributed by atoms with E-state index in [0.717, 1.165) is 11.1 Å². The van der Waals surface area contributed by atoms with Gasteiger partial charge in [0.1, 0.15) is 0 Å². The van der Waals surface area contributed by atoms with Crippen LogP contribution in [0.5, 0.6) is 0 Å². The van der Waals surface area contributed by atoms with Crippen LogP contribution in [0, 0.1) is 11.8 Å². The van der Waals surface area contributed by atoms with Gasteiger partial charge in [-0.15, -0.1) is 0 Å². The Morgan fingerprint density at radius 2 is 0.932 bits per heavy atom. The first-order valence-electron chi connectivity index (χ1n) is 15.4. The van der Waals surface area contributed by atoms with Crippen molar-refractivity contribution in [3.05, 3.63) is 151 Å². The van der Waals surface area contributed by atoms with E-state index >= 15 is 0 Å². The van der Waals surface area contributed by atoms with Crippen LogP contribution in [0.4, 0.5) is 0 Å². The maximum atomic E-state index is 3.56. The van der Waals surface area contributed by atoms with Crippen molar-refractivity contribution in [1.82, 2.24) is 0 Å². The number of rotatable bonds is 3. The van der Waals surface area contributed by atoms with E-state index in [1.165, 1.54) is 71.2 Å². The molecule has 0 unspecified atom stereocenters. The van der Waals surface area contributed by atoms with E-state index in [-0.39, 0.29) is 0 Å². The monoisotopic (exact) mass is 576 g/mol. The summed E-state index contributed by atoms with van der Waals surface area (Å²) in [7, 11) is -1.34. The van der Waals surface area contributed by atoms with Gasteiger partial charge in [-0.3, -0.25) is 0 Å². The van der Waals surface area contributed by atoms with Gasteiger partial charge in [0.2, 0.25) is 0 Å². The van der Waals surface area contributed by atoms with E-state index in [9.17, 15) is 0 Å². The Morgan fingerprint density at radius 1 is 0.409 bits per heavy atom. The molecule has 0 radical (unpaired) electrons. The molecule has 0 fully saturated rings. The minimum atomic E-state index is -1.34. The van der Waals surface area contributed by atoms with Gasteiger partial charge in [0.15, 0.2) is 0 Å². The predicted octanol–water partition coefficient (Wildman–Crippen LogP) is 10.9. The lowest BCUT2D eigenvalue weighted by Crippen LogP contribution is -2.37. The predicted molar refractivity (Wildman–Crippen MR) is 192 cm³/mol. The zero-order chi connectivity index (χ0) is 29.8. The zero-order valence-electron chi connectivity index (χ0n) is 25.3. The second-order valence-corrected chi connectivity index (χ2v) is 17.8. The van der Waals surface area contributed by atoms with Crippen LogP contribution >= 0.6 is 0 Å². The average Bonchev–Trinajstić information content (AvgIpc) is 3.39. The topological polar surface area (TPSA) is 0 Å². The molecule has 1 aliphatic rings. The fourth-order valence-electron chi connectivity index (χ4n) is 6.91. The van der Waals surface area contributed by atoms with Gasteiger partial charge >= 0.3 is 0 Å². The standard InChI is InChI=1S/C43H32Si/c1-44(2,3)33-26-22-29(23-27-33)21-24-30-25-28-38-41-34(30)19-12-20-37(41)42-39(31-13-6-4-7-14-31)35-17-10-11-18-36(35)40(43(38)42)32-15-8-5-9-16-32/h4-20,22-23,25-28H,1-3H3. The average molecular weight is 577 g/mol. The van der Waals surface area contributed by atoms with Crippen molar-refractivity contribution in [2.24, 2.45) is 0 Å². The molecular formula is C43H32Si. The van der Waals surface area contributed by atoms with Crippen LogP contribution in [0.25, 0.3) is 66.1 Å². The molecule has 0 aromatic heterocycles. The van der Waals surface area contributed by atoms with Crippen molar-refractivity contribution < 1.29 is 0 Å². The molecule has 0 saturated carbocycles. The summed E-state index contributed by atoms with van der Waals surface area (Å²) < 4.78 is 0. The highest BCUT2D eigenvalue weighted by atomic mass is 28.3. The van der Waals surface area contributed by atoms with Gasteiger partial charge < -0.3 is 0 Å². The van der Waals surface area contributed by atoms with E-state index in [2.05, 4.69) is 171 Å². The van der Waals surface area contributed by atoms with Gasteiger partial charge in [0, 0.05) is 11.1 Å². The van der Waals surface area contributed by atoms with E-state index < -0.39 is 8.07 Å². The maximum Gasteiger partial charge on any atom is 0.0775 e. The highest BCUT2D eigenvalue weighted by molar-refractivity contribution is 6.88. The fourth-order valence-corrected chi connectivity index (χ4v) is 8.08. The summed E-state index contributed by atoms with van der Waals surface area (Å²) in [5.41, 5.74) is 12.4. The molecule has 0 aliphatic heterocycles. The molecule has 0 saturated heterocycles. The molecule has 0 heterocycles. The minimum absolute atomic E-state index is 1.06. The first-order valence-corrected chi connectivity index (χ1v) is 18.9. The van der Waals surface area contributed by atoms with Crippen LogP contribution in [-0.4, -0.2) is 8.07 Å². The molecule has 0 N–H and O–H groups in total. The molecule has 0 atom stereocenters. The van der Waals surface area contributed by atoms with Gasteiger partial charge in [-0.05, 0) is 84.3 Å². The quantitative estimate of drug-likeness (QED) is 0.145. The summed E-state index contributed by atoms with van der Waals surface area (Å²) >= 11 is 0.